The van der Waals surface area contributed by atoms with Crippen LogP contribution in [0.3, 0.4) is 0 Å². The van der Waals surface area contributed by atoms with Gasteiger partial charge in [-0.05, 0) is 18.9 Å². The molecule has 0 unspecified atom stereocenters. The van der Waals surface area contributed by atoms with E-state index in [-0.39, 0.29) is 11.4 Å². The number of sulfonamides is 1. The smallest absolute Gasteiger partial charge is 0.289 e. The zero-order valence-corrected chi connectivity index (χ0v) is 16.6. The van der Waals surface area contributed by atoms with Gasteiger partial charge in [0, 0.05) is 43.1 Å². The summed E-state index contributed by atoms with van der Waals surface area (Å²) in [5.41, 5.74) is -0.421. The minimum Gasteiger partial charge on any atom is -0.355 e. The van der Waals surface area contributed by atoms with Crippen LogP contribution in [-0.2, 0) is 10.0 Å². The predicted molar refractivity (Wildman–Crippen MR) is 106 cm³/mol. The second kappa shape index (κ2) is 9.08. The number of anilines is 1. The average Bonchev–Trinajstić information content (AvgIpc) is 3.28. The van der Waals surface area contributed by atoms with Gasteiger partial charge in [-0.3, -0.25) is 14.5 Å². The molecule has 2 aromatic heterocycles. The molecule has 0 radical (unpaired) electrons. The molecule has 0 spiro atoms. The largest absolute Gasteiger partial charge is 0.355 e. The second-order valence-corrected chi connectivity index (χ2v) is 8.52. The number of nitrogens with one attached hydrogen (secondary N) is 2. The summed E-state index contributed by atoms with van der Waals surface area (Å²) in [5, 5.41) is 14.2. The summed E-state index contributed by atoms with van der Waals surface area (Å²) in [7, 11) is -3.90. The lowest BCUT2D eigenvalue weighted by Gasteiger charge is -2.07. The zero-order chi connectivity index (χ0) is 20.0. The maximum absolute atomic E-state index is 12.3. The third-order valence-electron chi connectivity index (χ3n) is 4.08. The number of hydrogen-bond acceptors (Lipinski definition) is 8. The third kappa shape index (κ3) is 4.82. The number of fused-ring (bicyclic) bond motifs is 1. The van der Waals surface area contributed by atoms with Crippen LogP contribution in [0.1, 0.15) is 25.7 Å². The van der Waals surface area contributed by atoms with Crippen LogP contribution in [0.5, 0.6) is 0 Å². The molecule has 0 aliphatic rings. The van der Waals surface area contributed by atoms with Crippen molar-refractivity contribution in [3.8, 4) is 0 Å². The Kier molecular flexibility index (Phi) is 6.54. The highest BCUT2D eigenvalue weighted by molar-refractivity contribution is 7.89. The summed E-state index contributed by atoms with van der Waals surface area (Å²) in [5.74, 6) is 0.773. The highest BCUT2D eigenvalue weighted by atomic mass is 32.2. The standard InChI is InChI=1S/C16H20N6O4S2/c23-22(24)13-7-3-4-8-14(13)28(25,26)19-10-6-2-1-5-9-17-15-20-27-16-18-11-12-21(15)16/h3-4,7-8,11-12,19H,1-2,5-6,9-10H2,(H,17,20). The van der Waals surface area contributed by atoms with Crippen molar-refractivity contribution in [1.82, 2.24) is 18.5 Å². The molecule has 0 aliphatic heterocycles. The second-order valence-electron chi connectivity index (χ2n) is 6.05. The first kappa shape index (κ1) is 20.2. The lowest BCUT2D eigenvalue weighted by molar-refractivity contribution is -0.387. The molecule has 2 N–H and O–H groups in total. The molecule has 1 aromatic carbocycles. The van der Waals surface area contributed by atoms with E-state index < -0.39 is 20.6 Å². The SMILES string of the molecule is O=[N+]([O-])c1ccccc1S(=O)(=O)NCCCCCCNc1nsc2nccn12. The summed E-state index contributed by atoms with van der Waals surface area (Å²) in [4.78, 5) is 15.0. The van der Waals surface area contributed by atoms with Crippen molar-refractivity contribution in [3.63, 3.8) is 0 Å². The van der Waals surface area contributed by atoms with Crippen LogP contribution in [0.4, 0.5) is 11.6 Å². The van der Waals surface area contributed by atoms with Gasteiger partial charge >= 0.3 is 0 Å². The van der Waals surface area contributed by atoms with Crippen LogP contribution in [0.25, 0.3) is 4.96 Å². The Morgan fingerprint density at radius 3 is 2.68 bits per heavy atom. The molecule has 0 bridgehead atoms. The Bertz CT molecular complexity index is 1050. The van der Waals surface area contributed by atoms with Crippen molar-refractivity contribution in [2.75, 3.05) is 18.4 Å². The van der Waals surface area contributed by atoms with Crippen molar-refractivity contribution in [2.24, 2.45) is 0 Å². The lowest BCUT2D eigenvalue weighted by Crippen LogP contribution is -2.25. The fourth-order valence-electron chi connectivity index (χ4n) is 2.69. The van der Waals surface area contributed by atoms with E-state index in [0.717, 1.165) is 36.7 Å². The molecular formula is C16H20N6O4S2. The molecule has 0 saturated carbocycles. The number of hydrogen-bond donors (Lipinski definition) is 2. The number of benzene rings is 1. The van der Waals surface area contributed by atoms with Crippen molar-refractivity contribution in [1.29, 1.82) is 0 Å². The number of nitro groups is 1. The molecule has 2 heterocycles. The van der Waals surface area contributed by atoms with Crippen LogP contribution in [-0.4, -0.2) is 40.2 Å². The number of aromatic nitrogens is 3. The molecule has 0 fully saturated rings. The number of para-hydroxylation sites is 1. The minimum absolute atomic E-state index is 0.240. The topological polar surface area (TPSA) is 132 Å². The van der Waals surface area contributed by atoms with E-state index in [1.54, 1.807) is 6.20 Å². The summed E-state index contributed by atoms with van der Waals surface area (Å²) < 4.78 is 33.1. The number of nitro benzene ring substituents is 1. The summed E-state index contributed by atoms with van der Waals surface area (Å²) in [6.07, 6.45) is 6.93. The molecule has 0 atom stereocenters. The number of unbranched alkanes of at least 4 members (excludes halogenated alkanes) is 3. The molecule has 0 aliphatic carbocycles. The van der Waals surface area contributed by atoms with E-state index in [1.807, 2.05) is 10.6 Å². The fraction of sp³-hybridized carbons (Fsp3) is 0.375. The van der Waals surface area contributed by atoms with Gasteiger partial charge in [0.15, 0.2) is 4.90 Å². The van der Waals surface area contributed by atoms with E-state index in [9.17, 15) is 18.5 Å². The highest BCUT2D eigenvalue weighted by Crippen LogP contribution is 2.22. The Morgan fingerprint density at radius 1 is 1.14 bits per heavy atom. The van der Waals surface area contributed by atoms with Gasteiger partial charge in [-0.25, -0.2) is 18.1 Å². The molecule has 28 heavy (non-hydrogen) atoms. The van der Waals surface area contributed by atoms with E-state index in [0.29, 0.717) is 6.42 Å². The molecule has 0 saturated heterocycles. The molecular weight excluding hydrogens is 404 g/mol. The van der Waals surface area contributed by atoms with Gasteiger partial charge in [-0.2, -0.15) is 4.37 Å². The lowest BCUT2D eigenvalue weighted by atomic mass is 10.2. The molecule has 3 aromatic rings. The maximum Gasteiger partial charge on any atom is 0.289 e. The summed E-state index contributed by atoms with van der Waals surface area (Å²) >= 11 is 1.33. The van der Waals surface area contributed by atoms with Gasteiger partial charge < -0.3 is 5.32 Å². The Hall–Kier alpha value is -2.57. The molecule has 12 heteroatoms. The molecule has 3 rings (SSSR count). The fourth-order valence-corrected chi connectivity index (χ4v) is 4.60. The van der Waals surface area contributed by atoms with Gasteiger partial charge in [0.2, 0.25) is 20.9 Å². The van der Waals surface area contributed by atoms with E-state index >= 15 is 0 Å². The van der Waals surface area contributed by atoms with Gasteiger partial charge in [0.25, 0.3) is 5.69 Å². The van der Waals surface area contributed by atoms with Crippen LogP contribution >= 0.6 is 11.5 Å². The van der Waals surface area contributed by atoms with Crippen LogP contribution in [0.15, 0.2) is 41.6 Å². The van der Waals surface area contributed by atoms with Gasteiger partial charge in [0.05, 0.1) is 4.92 Å². The number of imidazole rings is 1. The Labute approximate surface area is 166 Å². The predicted octanol–water partition coefficient (Wildman–Crippen LogP) is 2.65. The quantitative estimate of drug-likeness (QED) is 0.275. The summed E-state index contributed by atoms with van der Waals surface area (Å²) in [6.45, 7) is 1.00. The van der Waals surface area contributed by atoms with Crippen molar-refractivity contribution >= 4 is 38.2 Å². The Balaban J connectivity index is 1.35. The maximum atomic E-state index is 12.3. The van der Waals surface area contributed by atoms with E-state index in [4.69, 9.17) is 0 Å². The monoisotopic (exact) mass is 424 g/mol. The van der Waals surface area contributed by atoms with Crippen molar-refractivity contribution in [2.45, 2.75) is 30.6 Å². The molecule has 0 amide bonds. The first-order valence-electron chi connectivity index (χ1n) is 8.75. The summed E-state index contributed by atoms with van der Waals surface area (Å²) in [6, 6.07) is 5.33. The normalized spacial score (nSPS) is 11.7. The van der Waals surface area contributed by atoms with Gasteiger partial charge in [0.1, 0.15) is 0 Å². The van der Waals surface area contributed by atoms with Crippen molar-refractivity contribution < 1.29 is 13.3 Å². The molecule has 10 nitrogen and oxygen atoms in total. The first-order chi connectivity index (χ1) is 13.5. The van der Waals surface area contributed by atoms with Crippen LogP contribution in [0, 0.1) is 10.1 Å². The molecule has 150 valence electrons. The van der Waals surface area contributed by atoms with Crippen LogP contribution < -0.4 is 10.0 Å². The zero-order valence-electron chi connectivity index (χ0n) is 14.9. The van der Waals surface area contributed by atoms with E-state index in [1.165, 1.54) is 35.8 Å². The van der Waals surface area contributed by atoms with Crippen molar-refractivity contribution in [3.05, 3.63) is 46.8 Å². The van der Waals surface area contributed by atoms with Crippen LogP contribution in [0.2, 0.25) is 0 Å². The van der Waals surface area contributed by atoms with E-state index in [2.05, 4.69) is 19.4 Å². The van der Waals surface area contributed by atoms with Gasteiger partial charge in [-0.15, -0.1) is 0 Å². The average molecular weight is 425 g/mol. The minimum atomic E-state index is -3.90. The number of rotatable bonds is 11. The first-order valence-corrected chi connectivity index (χ1v) is 11.0. The number of nitrogens with zero attached hydrogens (tertiary/aromatic N) is 4. The highest BCUT2D eigenvalue weighted by Gasteiger charge is 2.24. The van der Waals surface area contributed by atoms with Gasteiger partial charge in [-0.1, -0.05) is 25.0 Å². The third-order valence-corrected chi connectivity index (χ3v) is 6.32. The Morgan fingerprint density at radius 2 is 1.89 bits per heavy atom.